The van der Waals surface area contributed by atoms with Crippen LogP contribution in [0.3, 0.4) is 0 Å². The van der Waals surface area contributed by atoms with Gasteiger partial charge in [-0.2, -0.15) is 0 Å². The summed E-state index contributed by atoms with van der Waals surface area (Å²) in [6.07, 6.45) is 3.68. The maximum atomic E-state index is 11.8. The van der Waals surface area contributed by atoms with Crippen LogP contribution in [0.15, 0.2) is 59.3 Å². The zero-order chi connectivity index (χ0) is 22.7. The molecule has 0 radical (unpaired) electrons. The van der Waals surface area contributed by atoms with Gasteiger partial charge in [0.1, 0.15) is 17.9 Å². The summed E-state index contributed by atoms with van der Waals surface area (Å²) in [6, 6.07) is 13.9. The number of fused-ring (bicyclic) bond motifs is 1. The van der Waals surface area contributed by atoms with E-state index in [9.17, 15) is 4.79 Å². The van der Waals surface area contributed by atoms with E-state index in [2.05, 4.69) is 17.1 Å². The molecule has 6 nitrogen and oxygen atoms in total. The highest BCUT2D eigenvalue weighted by atomic mass is 16.5. The standard InChI is InChI=1S/C26H26N2O4/c1-16-4-5-20(12-25(29)30-3)24(8-16)31-15-18-9-22-17(2)14-32-26(22)23(10-18)19-6-7-28-21(11-19)13-27/h4-11,14H,12-13,15,27H2,1-3H3. The molecule has 0 aliphatic heterocycles. The Labute approximate surface area is 187 Å². The molecule has 0 spiro atoms. The second kappa shape index (κ2) is 9.24. The smallest absolute Gasteiger partial charge is 0.310 e. The Morgan fingerprint density at radius 2 is 1.97 bits per heavy atom. The molecule has 2 N–H and O–H groups in total. The lowest BCUT2D eigenvalue weighted by molar-refractivity contribution is -0.139. The number of carbonyl (C=O) groups excluding carboxylic acids is 1. The van der Waals surface area contributed by atoms with Crippen LogP contribution in [0.4, 0.5) is 0 Å². The molecule has 0 saturated heterocycles. The van der Waals surface area contributed by atoms with Crippen molar-refractivity contribution in [3.05, 3.63) is 82.9 Å². The Hall–Kier alpha value is -3.64. The van der Waals surface area contributed by atoms with Crippen molar-refractivity contribution in [3.63, 3.8) is 0 Å². The van der Waals surface area contributed by atoms with Crippen LogP contribution in [-0.4, -0.2) is 18.1 Å². The average molecular weight is 431 g/mol. The number of nitrogens with zero attached hydrogens (tertiary/aromatic N) is 1. The molecular weight excluding hydrogens is 404 g/mol. The molecule has 4 rings (SSSR count). The zero-order valence-corrected chi connectivity index (χ0v) is 18.5. The van der Waals surface area contributed by atoms with Gasteiger partial charge < -0.3 is 19.6 Å². The van der Waals surface area contributed by atoms with Gasteiger partial charge in [-0.15, -0.1) is 0 Å². The quantitative estimate of drug-likeness (QED) is 0.421. The van der Waals surface area contributed by atoms with Crippen molar-refractivity contribution in [1.82, 2.24) is 4.98 Å². The summed E-state index contributed by atoms with van der Waals surface area (Å²) in [5, 5.41) is 1.03. The molecule has 4 aromatic rings. The molecule has 0 saturated carbocycles. The number of nitrogens with two attached hydrogens (primary N) is 1. The van der Waals surface area contributed by atoms with Gasteiger partial charge >= 0.3 is 5.97 Å². The number of ether oxygens (including phenoxy) is 2. The van der Waals surface area contributed by atoms with Gasteiger partial charge in [0.25, 0.3) is 0 Å². The number of pyridine rings is 1. The summed E-state index contributed by atoms with van der Waals surface area (Å²) in [6.45, 7) is 4.73. The van der Waals surface area contributed by atoms with E-state index in [-0.39, 0.29) is 12.4 Å². The molecule has 164 valence electrons. The van der Waals surface area contributed by atoms with Crippen molar-refractivity contribution in [1.29, 1.82) is 0 Å². The molecule has 0 aliphatic carbocycles. The molecule has 2 aromatic carbocycles. The predicted molar refractivity (Wildman–Crippen MR) is 123 cm³/mol. The number of hydrogen-bond acceptors (Lipinski definition) is 6. The van der Waals surface area contributed by atoms with Gasteiger partial charge in [-0.05, 0) is 66.4 Å². The Bertz CT molecular complexity index is 1280. The van der Waals surface area contributed by atoms with Crippen molar-refractivity contribution < 1.29 is 18.7 Å². The van der Waals surface area contributed by atoms with Crippen LogP contribution in [0, 0.1) is 13.8 Å². The Kier molecular flexibility index (Phi) is 6.23. The molecule has 0 aliphatic rings. The summed E-state index contributed by atoms with van der Waals surface area (Å²) in [4.78, 5) is 16.1. The number of aromatic nitrogens is 1. The zero-order valence-electron chi connectivity index (χ0n) is 18.5. The minimum Gasteiger partial charge on any atom is -0.489 e. The lowest BCUT2D eigenvalue weighted by Crippen LogP contribution is -2.07. The van der Waals surface area contributed by atoms with Gasteiger partial charge in [0.2, 0.25) is 0 Å². The first-order valence-electron chi connectivity index (χ1n) is 10.4. The van der Waals surface area contributed by atoms with E-state index in [1.165, 1.54) is 7.11 Å². The van der Waals surface area contributed by atoms with Crippen LogP contribution in [0.1, 0.15) is 27.9 Å². The van der Waals surface area contributed by atoms with Crippen LogP contribution < -0.4 is 10.5 Å². The summed E-state index contributed by atoms with van der Waals surface area (Å²) >= 11 is 0. The molecule has 2 heterocycles. The first-order valence-corrected chi connectivity index (χ1v) is 10.4. The van der Waals surface area contributed by atoms with Crippen LogP contribution in [-0.2, 0) is 29.1 Å². The fourth-order valence-electron chi connectivity index (χ4n) is 3.71. The number of benzene rings is 2. The highest BCUT2D eigenvalue weighted by Gasteiger charge is 2.14. The fourth-order valence-corrected chi connectivity index (χ4v) is 3.71. The number of furan rings is 1. The third-order valence-electron chi connectivity index (χ3n) is 5.44. The number of esters is 1. The van der Waals surface area contributed by atoms with E-state index in [1.54, 1.807) is 12.5 Å². The van der Waals surface area contributed by atoms with Crippen molar-refractivity contribution in [2.24, 2.45) is 5.73 Å². The van der Waals surface area contributed by atoms with Gasteiger partial charge in [-0.1, -0.05) is 12.1 Å². The summed E-state index contributed by atoms with van der Waals surface area (Å²) < 4.78 is 16.9. The van der Waals surface area contributed by atoms with E-state index in [4.69, 9.17) is 19.6 Å². The molecule has 0 unspecified atom stereocenters. The van der Waals surface area contributed by atoms with E-state index >= 15 is 0 Å². The topological polar surface area (TPSA) is 87.6 Å². The van der Waals surface area contributed by atoms with Crippen molar-refractivity contribution >= 4 is 16.9 Å². The number of aryl methyl sites for hydroxylation is 2. The first kappa shape index (κ1) is 21.6. The Morgan fingerprint density at radius 1 is 1.12 bits per heavy atom. The maximum absolute atomic E-state index is 11.8. The highest BCUT2D eigenvalue weighted by molar-refractivity contribution is 5.95. The van der Waals surface area contributed by atoms with E-state index in [0.717, 1.165) is 50.0 Å². The summed E-state index contributed by atoms with van der Waals surface area (Å²) in [5.74, 6) is 0.375. The van der Waals surface area contributed by atoms with Gasteiger partial charge in [-0.3, -0.25) is 9.78 Å². The third kappa shape index (κ3) is 4.50. The minimum atomic E-state index is -0.301. The molecule has 0 atom stereocenters. The first-order chi connectivity index (χ1) is 15.5. The SMILES string of the molecule is COC(=O)Cc1ccc(C)cc1OCc1cc(-c2ccnc(CN)c2)c2occ(C)c2c1. The second-order valence-electron chi connectivity index (χ2n) is 7.83. The maximum Gasteiger partial charge on any atom is 0.310 e. The summed E-state index contributed by atoms with van der Waals surface area (Å²) in [7, 11) is 1.39. The monoisotopic (exact) mass is 430 g/mol. The van der Waals surface area contributed by atoms with Crippen molar-refractivity contribution in [2.75, 3.05) is 7.11 Å². The number of carbonyl (C=O) groups is 1. The summed E-state index contributed by atoms with van der Waals surface area (Å²) in [5.41, 5.74) is 13.3. The molecule has 2 aromatic heterocycles. The van der Waals surface area contributed by atoms with Crippen molar-refractivity contribution in [3.8, 4) is 16.9 Å². The highest BCUT2D eigenvalue weighted by Crippen LogP contribution is 2.34. The molecule has 32 heavy (non-hydrogen) atoms. The van der Waals surface area contributed by atoms with Crippen molar-refractivity contribution in [2.45, 2.75) is 33.4 Å². The van der Waals surface area contributed by atoms with Gasteiger partial charge in [-0.25, -0.2) is 0 Å². The van der Waals surface area contributed by atoms with Crippen LogP contribution in [0.2, 0.25) is 0 Å². The molecule has 0 bridgehead atoms. The van der Waals surface area contributed by atoms with Crippen LogP contribution >= 0.6 is 0 Å². The Balaban J connectivity index is 1.70. The number of rotatable bonds is 7. The predicted octanol–water partition coefficient (Wildman–Crippen LogP) is 4.86. The largest absolute Gasteiger partial charge is 0.489 e. The minimum absolute atomic E-state index is 0.163. The number of methoxy groups -OCH3 is 1. The molecule has 0 amide bonds. The van der Waals surface area contributed by atoms with Crippen LogP contribution in [0.25, 0.3) is 22.1 Å². The average Bonchev–Trinajstić information content (AvgIpc) is 3.19. The normalized spacial score (nSPS) is 11.0. The fraction of sp³-hybridized carbons (Fsp3) is 0.231. The lowest BCUT2D eigenvalue weighted by Gasteiger charge is -2.13. The van der Waals surface area contributed by atoms with Gasteiger partial charge in [0, 0.05) is 29.3 Å². The Morgan fingerprint density at radius 3 is 2.75 bits per heavy atom. The molecule has 0 fully saturated rings. The number of hydrogen-bond donors (Lipinski definition) is 1. The lowest BCUT2D eigenvalue weighted by atomic mass is 9.99. The van der Waals surface area contributed by atoms with Crippen LogP contribution in [0.5, 0.6) is 5.75 Å². The van der Waals surface area contributed by atoms with E-state index in [1.807, 2.05) is 44.2 Å². The van der Waals surface area contributed by atoms with E-state index < -0.39 is 0 Å². The second-order valence-corrected chi connectivity index (χ2v) is 7.83. The molecule has 6 heteroatoms. The van der Waals surface area contributed by atoms with Gasteiger partial charge in [0.05, 0.1) is 25.5 Å². The molecular formula is C26H26N2O4. The van der Waals surface area contributed by atoms with Gasteiger partial charge in [0.15, 0.2) is 0 Å². The third-order valence-corrected chi connectivity index (χ3v) is 5.44. The van der Waals surface area contributed by atoms with E-state index in [0.29, 0.717) is 18.9 Å².